The van der Waals surface area contributed by atoms with Crippen molar-refractivity contribution in [3.63, 3.8) is 0 Å². The Bertz CT molecular complexity index is 845. The summed E-state index contributed by atoms with van der Waals surface area (Å²) in [5.41, 5.74) is 0.753. The molecule has 2 aliphatic carbocycles. The molecule has 3 aromatic rings. The Morgan fingerprint density at radius 3 is 2.58 bits per heavy atom. The van der Waals surface area contributed by atoms with E-state index in [0.717, 1.165) is 30.2 Å². The van der Waals surface area contributed by atoms with Crippen LogP contribution in [0.2, 0.25) is 0 Å². The SMILES string of the molecule is c1cn(-c2cn(-c3cnc(OC4CCC4)nc3)nn2)c(C2CC2)n1. The van der Waals surface area contributed by atoms with Crippen LogP contribution in [0.4, 0.5) is 0 Å². The van der Waals surface area contributed by atoms with Gasteiger partial charge >= 0.3 is 6.01 Å². The molecule has 5 rings (SSSR count). The van der Waals surface area contributed by atoms with Crippen LogP contribution < -0.4 is 4.74 Å². The normalized spacial score (nSPS) is 17.7. The van der Waals surface area contributed by atoms with Crippen molar-refractivity contribution in [2.75, 3.05) is 0 Å². The van der Waals surface area contributed by atoms with Crippen LogP contribution in [-0.2, 0) is 0 Å². The average Bonchev–Trinajstić information content (AvgIpc) is 3.10. The van der Waals surface area contributed by atoms with Gasteiger partial charge in [0.25, 0.3) is 0 Å². The average molecular weight is 323 g/mol. The molecule has 0 aromatic carbocycles. The van der Waals surface area contributed by atoms with Gasteiger partial charge in [-0.15, -0.1) is 5.10 Å². The first-order valence-corrected chi connectivity index (χ1v) is 8.32. The molecule has 2 aliphatic rings. The van der Waals surface area contributed by atoms with Gasteiger partial charge in [-0.25, -0.2) is 19.6 Å². The smallest absolute Gasteiger partial charge is 0.316 e. The number of hydrogen-bond donors (Lipinski definition) is 0. The Morgan fingerprint density at radius 1 is 1.04 bits per heavy atom. The summed E-state index contributed by atoms with van der Waals surface area (Å²) in [5, 5.41) is 8.43. The fourth-order valence-electron chi connectivity index (χ4n) is 2.77. The maximum absolute atomic E-state index is 5.67. The summed E-state index contributed by atoms with van der Waals surface area (Å²) in [4.78, 5) is 13.0. The van der Waals surface area contributed by atoms with Gasteiger partial charge in [-0.3, -0.25) is 4.57 Å². The molecule has 8 nitrogen and oxygen atoms in total. The summed E-state index contributed by atoms with van der Waals surface area (Å²) in [7, 11) is 0. The van der Waals surface area contributed by atoms with Gasteiger partial charge in [0.15, 0.2) is 5.82 Å². The van der Waals surface area contributed by atoms with Crippen molar-refractivity contribution < 1.29 is 4.74 Å². The van der Waals surface area contributed by atoms with Gasteiger partial charge in [0.1, 0.15) is 17.6 Å². The molecule has 0 aliphatic heterocycles. The summed E-state index contributed by atoms with van der Waals surface area (Å²) in [6.45, 7) is 0. The van der Waals surface area contributed by atoms with Gasteiger partial charge in [0, 0.05) is 18.3 Å². The maximum atomic E-state index is 5.67. The van der Waals surface area contributed by atoms with Gasteiger partial charge in [-0.05, 0) is 32.1 Å². The van der Waals surface area contributed by atoms with E-state index >= 15 is 0 Å². The van der Waals surface area contributed by atoms with Crippen molar-refractivity contribution in [3.8, 4) is 17.5 Å². The van der Waals surface area contributed by atoms with Gasteiger partial charge in [-0.1, -0.05) is 5.21 Å². The molecular weight excluding hydrogens is 306 g/mol. The van der Waals surface area contributed by atoms with Crippen LogP contribution in [0, 0.1) is 0 Å². The highest BCUT2D eigenvalue weighted by Crippen LogP contribution is 2.39. The lowest BCUT2D eigenvalue weighted by molar-refractivity contribution is 0.108. The van der Waals surface area contributed by atoms with E-state index in [1.54, 1.807) is 17.1 Å². The number of nitrogens with zero attached hydrogens (tertiary/aromatic N) is 7. The standard InChI is InChI=1S/C16H17N7O/c1-2-13(3-1)24-16-18-8-12(9-19-16)23-10-14(20-21-23)22-7-6-17-15(22)11-4-5-11/h6-11,13H,1-5H2. The minimum Gasteiger partial charge on any atom is -0.460 e. The molecule has 8 heteroatoms. The van der Waals surface area contributed by atoms with Crippen LogP contribution in [0.25, 0.3) is 11.5 Å². The van der Waals surface area contributed by atoms with E-state index in [-0.39, 0.29) is 6.10 Å². The van der Waals surface area contributed by atoms with E-state index in [1.807, 2.05) is 23.2 Å². The zero-order chi connectivity index (χ0) is 15.9. The van der Waals surface area contributed by atoms with Crippen molar-refractivity contribution in [3.05, 3.63) is 36.8 Å². The first-order valence-electron chi connectivity index (χ1n) is 8.32. The van der Waals surface area contributed by atoms with Gasteiger partial charge in [0.05, 0.1) is 18.6 Å². The van der Waals surface area contributed by atoms with E-state index in [9.17, 15) is 0 Å². The number of aromatic nitrogens is 7. The summed E-state index contributed by atoms with van der Waals surface area (Å²) in [6.07, 6.45) is 15.1. The molecule has 0 amide bonds. The number of ether oxygens (including phenoxy) is 1. The molecule has 2 saturated carbocycles. The molecule has 3 heterocycles. The molecule has 0 atom stereocenters. The molecule has 0 N–H and O–H groups in total. The van der Waals surface area contributed by atoms with E-state index < -0.39 is 0 Å². The Morgan fingerprint density at radius 2 is 1.88 bits per heavy atom. The fraction of sp³-hybridized carbons (Fsp3) is 0.438. The van der Waals surface area contributed by atoms with Crippen LogP contribution in [0.3, 0.4) is 0 Å². The molecule has 3 aromatic heterocycles. The van der Waals surface area contributed by atoms with E-state index in [2.05, 4.69) is 25.3 Å². The van der Waals surface area contributed by atoms with Gasteiger partial charge in [0.2, 0.25) is 0 Å². The second-order valence-electron chi connectivity index (χ2n) is 6.35. The van der Waals surface area contributed by atoms with Gasteiger partial charge in [-0.2, -0.15) is 0 Å². The summed E-state index contributed by atoms with van der Waals surface area (Å²) in [6, 6.07) is 0.425. The van der Waals surface area contributed by atoms with Crippen LogP contribution in [0.5, 0.6) is 6.01 Å². The lowest BCUT2D eigenvalue weighted by atomic mass is 9.96. The molecule has 0 spiro atoms. The minimum atomic E-state index is 0.274. The molecule has 0 radical (unpaired) electrons. The Hall–Kier alpha value is -2.77. The molecule has 24 heavy (non-hydrogen) atoms. The van der Waals surface area contributed by atoms with Crippen LogP contribution in [0.15, 0.2) is 31.0 Å². The number of hydrogen-bond acceptors (Lipinski definition) is 6. The zero-order valence-corrected chi connectivity index (χ0v) is 13.1. The number of imidazole rings is 1. The number of rotatable bonds is 5. The predicted octanol–water partition coefficient (Wildman–Crippen LogP) is 2.05. The van der Waals surface area contributed by atoms with Crippen molar-refractivity contribution in [1.82, 2.24) is 34.5 Å². The van der Waals surface area contributed by atoms with E-state index in [1.165, 1.54) is 19.3 Å². The first-order chi connectivity index (χ1) is 11.9. The lowest BCUT2D eigenvalue weighted by Crippen LogP contribution is -2.25. The van der Waals surface area contributed by atoms with E-state index in [4.69, 9.17) is 4.74 Å². The minimum absolute atomic E-state index is 0.274. The second-order valence-corrected chi connectivity index (χ2v) is 6.35. The third-order valence-corrected chi connectivity index (χ3v) is 4.54. The van der Waals surface area contributed by atoms with Crippen LogP contribution in [0.1, 0.15) is 43.8 Å². The Labute approximate surface area is 138 Å². The fourth-order valence-corrected chi connectivity index (χ4v) is 2.77. The zero-order valence-electron chi connectivity index (χ0n) is 13.1. The monoisotopic (exact) mass is 323 g/mol. The second kappa shape index (κ2) is 5.40. The summed E-state index contributed by atoms with van der Waals surface area (Å²) in [5.74, 6) is 2.36. The quantitative estimate of drug-likeness (QED) is 0.714. The summed E-state index contributed by atoms with van der Waals surface area (Å²) >= 11 is 0. The van der Waals surface area contributed by atoms with Crippen molar-refractivity contribution in [2.45, 2.75) is 44.1 Å². The predicted molar refractivity (Wildman–Crippen MR) is 84.3 cm³/mol. The largest absolute Gasteiger partial charge is 0.460 e. The molecule has 0 saturated heterocycles. The van der Waals surface area contributed by atoms with Crippen molar-refractivity contribution in [2.24, 2.45) is 0 Å². The lowest BCUT2D eigenvalue weighted by Gasteiger charge is -2.24. The Kier molecular flexibility index (Phi) is 3.07. The molecule has 122 valence electrons. The third-order valence-electron chi connectivity index (χ3n) is 4.54. The van der Waals surface area contributed by atoms with Crippen LogP contribution in [-0.4, -0.2) is 40.6 Å². The molecule has 0 bridgehead atoms. The van der Waals surface area contributed by atoms with Gasteiger partial charge < -0.3 is 4.74 Å². The molecule has 2 fully saturated rings. The summed E-state index contributed by atoms with van der Waals surface area (Å²) < 4.78 is 9.34. The highest BCUT2D eigenvalue weighted by Gasteiger charge is 2.28. The molecule has 0 unspecified atom stereocenters. The van der Waals surface area contributed by atoms with Crippen molar-refractivity contribution in [1.29, 1.82) is 0 Å². The van der Waals surface area contributed by atoms with E-state index in [0.29, 0.717) is 11.9 Å². The molecular formula is C16H17N7O. The maximum Gasteiger partial charge on any atom is 0.316 e. The first kappa shape index (κ1) is 13.6. The van der Waals surface area contributed by atoms with Crippen molar-refractivity contribution >= 4 is 0 Å². The Balaban J connectivity index is 1.37. The highest BCUT2D eigenvalue weighted by atomic mass is 16.5. The third kappa shape index (κ3) is 2.44. The highest BCUT2D eigenvalue weighted by molar-refractivity contribution is 5.30. The topological polar surface area (TPSA) is 83.5 Å². The van der Waals surface area contributed by atoms with Crippen LogP contribution >= 0.6 is 0 Å².